The molecule has 0 unspecified atom stereocenters. The van der Waals surface area contributed by atoms with Gasteiger partial charge >= 0.3 is 5.97 Å². The summed E-state index contributed by atoms with van der Waals surface area (Å²) in [6, 6.07) is 9.31. The molecular formula is C20H23FNO2. The summed E-state index contributed by atoms with van der Waals surface area (Å²) >= 11 is 0. The largest absolute Gasteiger partial charge is 0.462 e. The van der Waals surface area contributed by atoms with Crippen LogP contribution in [0.25, 0.3) is 11.1 Å². The Hall–Kier alpha value is -2.23. The van der Waals surface area contributed by atoms with Crippen molar-refractivity contribution in [1.82, 2.24) is 4.98 Å². The highest BCUT2D eigenvalue weighted by atomic mass is 19.1. The van der Waals surface area contributed by atoms with Crippen molar-refractivity contribution in [2.24, 2.45) is 0 Å². The molecule has 1 heterocycles. The van der Waals surface area contributed by atoms with Crippen LogP contribution in [0.1, 0.15) is 68.2 Å². The summed E-state index contributed by atoms with van der Waals surface area (Å²) in [5.74, 6) is -0.521. The number of hydrogen-bond donors (Lipinski definition) is 0. The summed E-state index contributed by atoms with van der Waals surface area (Å²) in [6.45, 7) is 10.1. The van der Waals surface area contributed by atoms with Gasteiger partial charge in [0.15, 0.2) is 0 Å². The molecule has 127 valence electrons. The minimum Gasteiger partial charge on any atom is -0.462 e. The Bertz CT molecular complexity index is 721. The predicted octanol–water partition coefficient (Wildman–Crippen LogP) is 5.11. The van der Waals surface area contributed by atoms with Crippen LogP contribution in [0.15, 0.2) is 24.3 Å². The third kappa shape index (κ3) is 3.81. The van der Waals surface area contributed by atoms with Crippen molar-refractivity contribution in [2.75, 3.05) is 6.61 Å². The zero-order chi connectivity index (χ0) is 17.9. The molecule has 0 saturated carbocycles. The second-order valence-corrected chi connectivity index (χ2v) is 6.29. The van der Waals surface area contributed by atoms with Crippen molar-refractivity contribution in [1.29, 1.82) is 0 Å². The Kier molecular flexibility index (Phi) is 5.71. The van der Waals surface area contributed by atoms with Gasteiger partial charge in [0.2, 0.25) is 0 Å². The van der Waals surface area contributed by atoms with Gasteiger partial charge in [0, 0.05) is 11.6 Å². The predicted molar refractivity (Wildman–Crippen MR) is 92.6 cm³/mol. The van der Waals surface area contributed by atoms with Gasteiger partial charge in [-0.05, 0) is 36.5 Å². The minimum absolute atomic E-state index is 0.0516. The number of ether oxygens (including phenoxy) is 1. The third-order valence-electron chi connectivity index (χ3n) is 3.71. The Labute approximate surface area is 142 Å². The monoisotopic (exact) mass is 328 g/mol. The number of halogens is 1. The Morgan fingerprint density at radius 2 is 1.79 bits per heavy atom. The van der Waals surface area contributed by atoms with Gasteiger partial charge < -0.3 is 4.74 Å². The van der Waals surface area contributed by atoms with Gasteiger partial charge in [0.1, 0.15) is 5.82 Å². The van der Waals surface area contributed by atoms with Crippen LogP contribution in [-0.2, 0) is 4.74 Å². The second kappa shape index (κ2) is 7.56. The molecule has 2 rings (SSSR count). The first kappa shape index (κ1) is 18.1. The molecule has 0 saturated heterocycles. The van der Waals surface area contributed by atoms with Gasteiger partial charge in [-0.1, -0.05) is 39.8 Å². The number of aromatic nitrogens is 1. The molecule has 0 atom stereocenters. The lowest BCUT2D eigenvalue weighted by Crippen LogP contribution is -2.15. The number of nitrogens with zero attached hydrogens (tertiary/aromatic N) is 1. The SMILES string of the molecule is CCOC(=O)c1c(-c2ccc(F)cc2)[c]c(C(C)C)nc1C(C)C. The van der Waals surface area contributed by atoms with Crippen molar-refractivity contribution in [3.8, 4) is 11.1 Å². The highest BCUT2D eigenvalue weighted by Crippen LogP contribution is 2.32. The van der Waals surface area contributed by atoms with E-state index in [9.17, 15) is 9.18 Å². The number of carbonyl (C=O) groups excluding carboxylic acids is 1. The fourth-order valence-corrected chi connectivity index (χ4v) is 2.47. The number of esters is 1. The standard InChI is InChI=1S/C20H23FNO2/c1-6-24-20(23)18-16(14-7-9-15(21)10-8-14)11-17(12(2)3)22-19(18)13(4)5/h7-10,12-13H,6H2,1-5H3. The van der Waals surface area contributed by atoms with E-state index in [4.69, 9.17) is 4.74 Å². The lowest BCUT2D eigenvalue weighted by atomic mass is 9.92. The minimum atomic E-state index is -0.417. The molecule has 1 aromatic heterocycles. The summed E-state index contributed by atoms with van der Waals surface area (Å²) in [6.07, 6.45) is 0. The molecule has 0 bridgehead atoms. The normalized spacial score (nSPS) is 11.2. The Morgan fingerprint density at radius 1 is 1.17 bits per heavy atom. The smallest absolute Gasteiger partial charge is 0.340 e. The average molecular weight is 328 g/mol. The molecule has 4 heteroatoms. The Balaban J connectivity index is 2.76. The average Bonchev–Trinajstić information content (AvgIpc) is 2.54. The van der Waals surface area contributed by atoms with E-state index in [0.29, 0.717) is 16.8 Å². The first-order chi connectivity index (χ1) is 11.3. The lowest BCUT2D eigenvalue weighted by Gasteiger charge is -2.18. The van der Waals surface area contributed by atoms with Crippen molar-refractivity contribution >= 4 is 5.97 Å². The van der Waals surface area contributed by atoms with E-state index >= 15 is 0 Å². The maximum absolute atomic E-state index is 13.3. The number of hydrogen-bond acceptors (Lipinski definition) is 3. The maximum Gasteiger partial charge on any atom is 0.340 e. The summed E-state index contributed by atoms with van der Waals surface area (Å²) in [7, 11) is 0. The summed E-state index contributed by atoms with van der Waals surface area (Å²) < 4.78 is 18.5. The number of carbonyl (C=O) groups is 1. The highest BCUT2D eigenvalue weighted by Gasteiger charge is 2.24. The molecular weight excluding hydrogens is 305 g/mol. The Morgan fingerprint density at radius 3 is 2.29 bits per heavy atom. The van der Waals surface area contributed by atoms with Gasteiger partial charge in [-0.2, -0.15) is 0 Å². The van der Waals surface area contributed by atoms with Gasteiger partial charge in [-0.25, -0.2) is 9.18 Å². The summed E-state index contributed by atoms with van der Waals surface area (Å²) in [5.41, 5.74) is 3.24. The molecule has 0 fully saturated rings. The molecule has 0 aliphatic rings. The first-order valence-electron chi connectivity index (χ1n) is 8.25. The fourth-order valence-electron chi connectivity index (χ4n) is 2.47. The van der Waals surface area contributed by atoms with Crippen molar-refractivity contribution < 1.29 is 13.9 Å². The van der Waals surface area contributed by atoms with Crippen LogP contribution >= 0.6 is 0 Å². The van der Waals surface area contributed by atoms with E-state index in [1.165, 1.54) is 12.1 Å². The van der Waals surface area contributed by atoms with Crippen LogP contribution in [0.4, 0.5) is 4.39 Å². The molecule has 1 radical (unpaired) electrons. The van der Waals surface area contributed by atoms with E-state index in [0.717, 1.165) is 11.3 Å². The van der Waals surface area contributed by atoms with E-state index < -0.39 is 5.97 Å². The maximum atomic E-state index is 13.3. The molecule has 0 N–H and O–H groups in total. The molecule has 24 heavy (non-hydrogen) atoms. The quantitative estimate of drug-likeness (QED) is 0.716. The number of rotatable bonds is 5. The van der Waals surface area contributed by atoms with Crippen LogP contribution in [0.3, 0.4) is 0 Å². The topological polar surface area (TPSA) is 39.2 Å². The summed E-state index contributed by atoms with van der Waals surface area (Å²) in [5, 5.41) is 0. The molecule has 0 amide bonds. The van der Waals surface area contributed by atoms with Crippen LogP contribution in [0.5, 0.6) is 0 Å². The second-order valence-electron chi connectivity index (χ2n) is 6.29. The van der Waals surface area contributed by atoms with E-state index in [-0.39, 0.29) is 24.3 Å². The third-order valence-corrected chi connectivity index (χ3v) is 3.71. The van der Waals surface area contributed by atoms with Gasteiger partial charge in [-0.15, -0.1) is 0 Å². The van der Waals surface area contributed by atoms with Crippen LogP contribution < -0.4 is 0 Å². The van der Waals surface area contributed by atoms with E-state index in [1.807, 2.05) is 27.7 Å². The van der Waals surface area contributed by atoms with Gasteiger partial charge in [0.25, 0.3) is 0 Å². The zero-order valence-corrected chi connectivity index (χ0v) is 14.8. The van der Waals surface area contributed by atoms with Crippen LogP contribution in [0.2, 0.25) is 0 Å². The van der Waals surface area contributed by atoms with Gasteiger partial charge in [-0.3, -0.25) is 4.98 Å². The van der Waals surface area contributed by atoms with Gasteiger partial charge in [0.05, 0.1) is 23.6 Å². The molecule has 1 aromatic carbocycles. The number of pyridine rings is 1. The molecule has 0 spiro atoms. The fraction of sp³-hybridized carbons (Fsp3) is 0.400. The molecule has 2 aromatic rings. The number of benzene rings is 1. The van der Waals surface area contributed by atoms with E-state index in [1.54, 1.807) is 19.1 Å². The lowest BCUT2D eigenvalue weighted by molar-refractivity contribution is 0.0525. The van der Waals surface area contributed by atoms with Crippen molar-refractivity contribution in [3.63, 3.8) is 0 Å². The molecule has 0 aliphatic carbocycles. The summed E-state index contributed by atoms with van der Waals surface area (Å²) in [4.78, 5) is 17.2. The van der Waals surface area contributed by atoms with Crippen molar-refractivity contribution in [3.05, 3.63) is 53.1 Å². The highest BCUT2D eigenvalue weighted by molar-refractivity contribution is 5.98. The molecule has 0 aliphatic heterocycles. The van der Waals surface area contributed by atoms with E-state index in [2.05, 4.69) is 11.1 Å². The van der Waals surface area contributed by atoms with Crippen LogP contribution in [0, 0.1) is 11.9 Å². The van der Waals surface area contributed by atoms with Crippen molar-refractivity contribution in [2.45, 2.75) is 46.5 Å². The van der Waals surface area contributed by atoms with Crippen LogP contribution in [-0.4, -0.2) is 17.6 Å². The first-order valence-corrected chi connectivity index (χ1v) is 8.25. The zero-order valence-electron chi connectivity index (χ0n) is 14.8. The molecule has 3 nitrogen and oxygen atoms in total.